The second-order valence-corrected chi connectivity index (χ2v) is 9.25. The minimum absolute atomic E-state index is 0.0659. The first-order valence-corrected chi connectivity index (χ1v) is 13.0. The van der Waals surface area contributed by atoms with Crippen LogP contribution in [0.25, 0.3) is 0 Å². The third kappa shape index (κ3) is 20.5. The third-order valence-electron chi connectivity index (χ3n) is 4.38. The number of thiophene rings is 1. The molecule has 0 saturated heterocycles. The van der Waals surface area contributed by atoms with Crippen LogP contribution in [0.5, 0.6) is 0 Å². The van der Waals surface area contributed by atoms with E-state index in [1.165, 1.54) is 4.88 Å². The van der Waals surface area contributed by atoms with Crippen molar-refractivity contribution in [2.45, 2.75) is 36.9 Å². The monoisotopic (exact) mass is 598 g/mol. The Hall–Kier alpha value is -1.02. The SMILES string of the molecule is OCCOCC(O)COCC(F)(F)OC(F)(F)COCCOCC(O)COCC(O)COCCc1cccs1. The summed E-state index contributed by atoms with van der Waals surface area (Å²) in [6.07, 6.45) is -11.2. The molecule has 1 rings (SSSR count). The molecule has 230 valence electrons. The molecule has 0 fully saturated rings. The van der Waals surface area contributed by atoms with Gasteiger partial charge in [-0.3, -0.25) is 4.74 Å². The van der Waals surface area contributed by atoms with Gasteiger partial charge in [0.1, 0.15) is 31.5 Å². The van der Waals surface area contributed by atoms with Crippen molar-refractivity contribution in [3.05, 3.63) is 22.4 Å². The summed E-state index contributed by atoms with van der Waals surface area (Å²) >= 11 is 1.62. The summed E-state index contributed by atoms with van der Waals surface area (Å²) in [5.41, 5.74) is 0. The summed E-state index contributed by atoms with van der Waals surface area (Å²) in [5, 5.41) is 39.5. The number of alkyl halides is 4. The fraction of sp³-hybridized carbons (Fsp3) is 0.826. The van der Waals surface area contributed by atoms with Gasteiger partial charge in [-0.2, -0.15) is 17.6 Å². The second-order valence-electron chi connectivity index (χ2n) is 8.22. The van der Waals surface area contributed by atoms with Gasteiger partial charge in [0.05, 0.1) is 72.7 Å². The van der Waals surface area contributed by atoms with E-state index in [4.69, 9.17) is 24.1 Å². The van der Waals surface area contributed by atoms with E-state index in [-0.39, 0.29) is 52.9 Å². The Kier molecular flexibility index (Phi) is 19.2. The normalized spacial score (nSPS) is 15.0. The van der Waals surface area contributed by atoms with Crippen LogP contribution in [0.3, 0.4) is 0 Å². The zero-order valence-electron chi connectivity index (χ0n) is 21.4. The van der Waals surface area contributed by atoms with E-state index in [9.17, 15) is 32.9 Å². The highest BCUT2D eigenvalue weighted by Gasteiger charge is 2.44. The van der Waals surface area contributed by atoms with Crippen LogP contribution >= 0.6 is 11.3 Å². The Morgan fingerprint density at radius 2 is 1.15 bits per heavy atom. The van der Waals surface area contributed by atoms with Crippen molar-refractivity contribution in [2.24, 2.45) is 0 Å². The first kappa shape index (κ1) is 36.0. The molecular weight excluding hydrogens is 560 g/mol. The van der Waals surface area contributed by atoms with Crippen molar-refractivity contribution in [3.63, 3.8) is 0 Å². The fourth-order valence-corrected chi connectivity index (χ4v) is 3.42. The largest absolute Gasteiger partial charge is 0.394 e. The Morgan fingerprint density at radius 3 is 1.72 bits per heavy atom. The van der Waals surface area contributed by atoms with Gasteiger partial charge in [-0.1, -0.05) is 6.07 Å². The zero-order chi connectivity index (χ0) is 29.0. The fourth-order valence-electron chi connectivity index (χ4n) is 2.73. The Labute approximate surface area is 228 Å². The zero-order valence-corrected chi connectivity index (χ0v) is 22.2. The molecule has 1 heterocycles. The van der Waals surface area contributed by atoms with Gasteiger partial charge in [0.15, 0.2) is 0 Å². The molecule has 0 bridgehead atoms. The van der Waals surface area contributed by atoms with Gasteiger partial charge >= 0.3 is 12.2 Å². The quantitative estimate of drug-likeness (QED) is 0.0882. The predicted molar refractivity (Wildman–Crippen MR) is 129 cm³/mol. The molecule has 3 unspecified atom stereocenters. The summed E-state index contributed by atoms with van der Waals surface area (Å²) in [6, 6.07) is 3.93. The van der Waals surface area contributed by atoms with Crippen LogP contribution in [0.15, 0.2) is 17.5 Å². The van der Waals surface area contributed by atoms with Crippen LogP contribution in [-0.4, -0.2) is 137 Å². The van der Waals surface area contributed by atoms with Crippen molar-refractivity contribution in [1.29, 1.82) is 0 Å². The van der Waals surface area contributed by atoms with E-state index in [2.05, 4.69) is 14.2 Å². The highest BCUT2D eigenvalue weighted by molar-refractivity contribution is 7.09. The third-order valence-corrected chi connectivity index (χ3v) is 5.32. The minimum Gasteiger partial charge on any atom is -0.394 e. The van der Waals surface area contributed by atoms with E-state index >= 15 is 0 Å². The maximum atomic E-state index is 13.6. The number of hydrogen-bond donors (Lipinski definition) is 4. The second kappa shape index (κ2) is 20.8. The number of hydrogen-bond acceptors (Lipinski definition) is 12. The molecule has 4 N–H and O–H groups in total. The lowest BCUT2D eigenvalue weighted by Gasteiger charge is -2.24. The standard InChI is InChI=1S/C23H38F4O11S/c24-22(25,38-23(26,27)17-37-15-20(31)11-33-6-4-28)16-35-8-7-34-12-19(30)14-36-13-18(29)10-32-5-3-21-2-1-9-39-21/h1-2,9,18-20,28-31H,3-8,10-17H2. The molecule has 0 spiro atoms. The highest BCUT2D eigenvalue weighted by Crippen LogP contribution is 2.27. The van der Waals surface area contributed by atoms with Crippen molar-refractivity contribution in [1.82, 2.24) is 0 Å². The maximum absolute atomic E-state index is 13.6. The van der Waals surface area contributed by atoms with Crippen LogP contribution < -0.4 is 0 Å². The van der Waals surface area contributed by atoms with Crippen LogP contribution in [0, 0.1) is 0 Å². The van der Waals surface area contributed by atoms with Gasteiger partial charge in [-0.15, -0.1) is 11.3 Å². The number of ether oxygens (including phenoxy) is 7. The average Bonchev–Trinajstić information content (AvgIpc) is 3.37. The van der Waals surface area contributed by atoms with Crippen LogP contribution in [0.2, 0.25) is 0 Å². The number of aliphatic hydroxyl groups is 4. The molecule has 39 heavy (non-hydrogen) atoms. The molecule has 1 aromatic rings. The van der Waals surface area contributed by atoms with E-state index in [0.717, 1.165) is 6.42 Å². The van der Waals surface area contributed by atoms with Gasteiger partial charge in [0.2, 0.25) is 0 Å². The lowest BCUT2D eigenvalue weighted by atomic mass is 10.3. The summed E-state index contributed by atoms with van der Waals surface area (Å²) in [7, 11) is 0. The van der Waals surface area contributed by atoms with Crippen molar-refractivity contribution in [3.8, 4) is 0 Å². The molecule has 3 atom stereocenters. The Balaban J connectivity index is 2.02. The van der Waals surface area contributed by atoms with Gasteiger partial charge < -0.3 is 48.8 Å². The number of aliphatic hydroxyl groups excluding tert-OH is 4. The molecule has 16 heteroatoms. The molecule has 0 aliphatic rings. The Bertz CT molecular complexity index is 704. The first-order chi connectivity index (χ1) is 18.5. The Morgan fingerprint density at radius 1 is 0.667 bits per heavy atom. The first-order valence-electron chi connectivity index (χ1n) is 12.1. The summed E-state index contributed by atoms with van der Waals surface area (Å²) < 4.78 is 87.3. The molecule has 0 saturated carbocycles. The summed E-state index contributed by atoms with van der Waals surface area (Å²) in [6.45, 7) is -4.80. The molecule has 0 aliphatic heterocycles. The van der Waals surface area contributed by atoms with E-state index < -0.39 is 57.0 Å². The van der Waals surface area contributed by atoms with Gasteiger partial charge in [0.25, 0.3) is 0 Å². The molecule has 0 aromatic carbocycles. The van der Waals surface area contributed by atoms with Crippen LogP contribution in [0.4, 0.5) is 17.6 Å². The number of halogens is 4. The molecule has 0 aliphatic carbocycles. The summed E-state index contributed by atoms with van der Waals surface area (Å²) in [5.74, 6) is 0. The summed E-state index contributed by atoms with van der Waals surface area (Å²) in [4.78, 5) is 1.18. The lowest BCUT2D eigenvalue weighted by Crippen LogP contribution is -2.40. The number of rotatable bonds is 26. The predicted octanol–water partition coefficient (Wildman–Crippen LogP) is 0.667. The van der Waals surface area contributed by atoms with Crippen molar-refractivity contribution in [2.75, 3.05) is 85.9 Å². The van der Waals surface area contributed by atoms with Crippen LogP contribution in [0.1, 0.15) is 4.88 Å². The van der Waals surface area contributed by atoms with E-state index in [1.54, 1.807) is 11.3 Å². The highest BCUT2D eigenvalue weighted by atomic mass is 32.1. The van der Waals surface area contributed by atoms with E-state index in [1.807, 2.05) is 17.5 Å². The van der Waals surface area contributed by atoms with Crippen molar-refractivity contribution >= 4 is 11.3 Å². The topological polar surface area (TPSA) is 146 Å². The molecule has 11 nitrogen and oxygen atoms in total. The lowest BCUT2D eigenvalue weighted by molar-refractivity contribution is -0.394. The van der Waals surface area contributed by atoms with E-state index in [0.29, 0.717) is 6.61 Å². The molecular formula is C23H38F4O11S. The maximum Gasteiger partial charge on any atom is 0.383 e. The van der Waals surface area contributed by atoms with Crippen LogP contribution in [-0.2, 0) is 39.6 Å². The molecule has 0 amide bonds. The van der Waals surface area contributed by atoms with Crippen molar-refractivity contribution < 1.29 is 71.1 Å². The van der Waals surface area contributed by atoms with Gasteiger partial charge in [0, 0.05) is 11.3 Å². The van der Waals surface area contributed by atoms with Gasteiger partial charge in [-0.05, 0) is 11.4 Å². The molecule has 1 aromatic heterocycles. The molecule has 0 radical (unpaired) electrons. The average molecular weight is 599 g/mol. The van der Waals surface area contributed by atoms with Gasteiger partial charge in [-0.25, -0.2) is 0 Å². The minimum atomic E-state index is -4.36. The smallest absolute Gasteiger partial charge is 0.383 e.